The van der Waals surface area contributed by atoms with Crippen molar-refractivity contribution in [2.75, 3.05) is 18.1 Å². The van der Waals surface area contributed by atoms with E-state index in [-0.39, 0.29) is 23.5 Å². The van der Waals surface area contributed by atoms with Gasteiger partial charge >= 0.3 is 0 Å². The van der Waals surface area contributed by atoms with Crippen LogP contribution in [0.4, 0.5) is 0 Å². The third kappa shape index (κ3) is 3.32. The number of likely N-dealkylation sites (N-methyl/N-ethyl adjacent to an activating group) is 1. The van der Waals surface area contributed by atoms with Gasteiger partial charge in [-0.3, -0.25) is 4.79 Å². The molecule has 0 N–H and O–H groups in total. The van der Waals surface area contributed by atoms with E-state index in [0.29, 0.717) is 24.3 Å². The van der Waals surface area contributed by atoms with Gasteiger partial charge in [0.05, 0.1) is 17.8 Å². The summed E-state index contributed by atoms with van der Waals surface area (Å²) in [7, 11) is -3.03. The minimum Gasteiger partial charge on any atom is -0.464 e. The van der Waals surface area contributed by atoms with Crippen LogP contribution < -0.4 is 4.74 Å². The fourth-order valence-corrected chi connectivity index (χ4v) is 4.72. The number of ether oxygens (including phenoxy) is 1. The third-order valence-corrected chi connectivity index (χ3v) is 5.92. The first-order valence-electron chi connectivity index (χ1n) is 7.65. The van der Waals surface area contributed by atoms with Crippen molar-refractivity contribution in [2.24, 2.45) is 0 Å². The SMILES string of the molecule is CCN(C(=O)C1=Cc2ccccc2OC=C1)[C@H]1CCS(=O)(=O)C1. The van der Waals surface area contributed by atoms with E-state index in [4.69, 9.17) is 4.74 Å². The highest BCUT2D eigenvalue weighted by atomic mass is 32.2. The highest BCUT2D eigenvalue weighted by Crippen LogP contribution is 2.26. The van der Waals surface area contributed by atoms with E-state index < -0.39 is 9.84 Å². The number of para-hydroxylation sites is 1. The van der Waals surface area contributed by atoms with E-state index in [1.54, 1.807) is 17.1 Å². The van der Waals surface area contributed by atoms with E-state index in [2.05, 4.69) is 0 Å². The summed E-state index contributed by atoms with van der Waals surface area (Å²) < 4.78 is 28.9. The molecule has 5 nitrogen and oxygen atoms in total. The number of nitrogens with zero attached hydrogens (tertiary/aromatic N) is 1. The molecule has 1 atom stereocenters. The van der Waals surface area contributed by atoms with Crippen LogP contribution in [-0.2, 0) is 14.6 Å². The summed E-state index contributed by atoms with van der Waals surface area (Å²) in [5, 5.41) is 0. The predicted octanol–water partition coefficient (Wildman–Crippen LogP) is 2.01. The number of carbonyl (C=O) groups is 1. The standard InChI is InChI=1S/C17H19NO4S/c1-2-18(15-8-10-23(20,21)12-15)17(19)14-7-9-22-16-6-4-3-5-13(16)11-14/h3-7,9,11,15H,2,8,10,12H2,1H3/t15-/m0/s1. The summed E-state index contributed by atoms with van der Waals surface area (Å²) in [5.41, 5.74) is 1.33. The Labute approximate surface area is 136 Å². The average Bonchev–Trinajstić information content (AvgIpc) is 2.76. The van der Waals surface area contributed by atoms with Gasteiger partial charge in [-0.15, -0.1) is 0 Å². The van der Waals surface area contributed by atoms with Crippen molar-refractivity contribution in [1.29, 1.82) is 0 Å². The average molecular weight is 333 g/mol. The molecule has 1 amide bonds. The molecule has 0 spiro atoms. The molecule has 0 saturated carbocycles. The molecule has 3 rings (SSSR count). The van der Waals surface area contributed by atoms with Crippen molar-refractivity contribution in [3.63, 3.8) is 0 Å². The molecule has 2 heterocycles. The Morgan fingerprint density at radius 2 is 2.13 bits per heavy atom. The topological polar surface area (TPSA) is 63.7 Å². The van der Waals surface area contributed by atoms with Crippen molar-refractivity contribution in [2.45, 2.75) is 19.4 Å². The maximum absolute atomic E-state index is 12.8. The summed E-state index contributed by atoms with van der Waals surface area (Å²) in [5.74, 6) is 0.739. The monoisotopic (exact) mass is 333 g/mol. The first kappa shape index (κ1) is 15.8. The molecule has 1 saturated heterocycles. The van der Waals surface area contributed by atoms with Crippen LogP contribution in [0, 0.1) is 0 Å². The van der Waals surface area contributed by atoms with Crippen LogP contribution in [0.5, 0.6) is 5.75 Å². The van der Waals surface area contributed by atoms with Crippen molar-refractivity contribution in [1.82, 2.24) is 4.90 Å². The number of sulfone groups is 1. The Balaban J connectivity index is 1.88. The van der Waals surface area contributed by atoms with Gasteiger partial charge in [-0.2, -0.15) is 0 Å². The summed E-state index contributed by atoms with van der Waals surface area (Å²) in [6, 6.07) is 7.23. The number of benzene rings is 1. The molecule has 1 aromatic rings. The first-order valence-corrected chi connectivity index (χ1v) is 9.47. The molecule has 0 unspecified atom stereocenters. The lowest BCUT2D eigenvalue weighted by Crippen LogP contribution is -2.41. The minimum absolute atomic E-state index is 0.0522. The zero-order valence-corrected chi connectivity index (χ0v) is 13.8. The Morgan fingerprint density at radius 1 is 1.35 bits per heavy atom. The smallest absolute Gasteiger partial charge is 0.254 e. The van der Waals surface area contributed by atoms with Crippen molar-refractivity contribution in [3.8, 4) is 5.75 Å². The Morgan fingerprint density at radius 3 is 2.83 bits per heavy atom. The lowest BCUT2D eigenvalue weighted by molar-refractivity contribution is -0.128. The molecular weight excluding hydrogens is 314 g/mol. The van der Waals surface area contributed by atoms with E-state index in [1.807, 2.05) is 31.2 Å². The predicted molar refractivity (Wildman–Crippen MR) is 88.6 cm³/mol. The molecule has 0 aromatic heterocycles. The van der Waals surface area contributed by atoms with Crippen LogP contribution >= 0.6 is 0 Å². The van der Waals surface area contributed by atoms with Crippen molar-refractivity contribution >= 4 is 21.8 Å². The fraction of sp³-hybridized carbons (Fsp3) is 0.353. The van der Waals surface area contributed by atoms with Crippen LogP contribution in [0.25, 0.3) is 6.08 Å². The van der Waals surface area contributed by atoms with E-state index >= 15 is 0 Å². The largest absolute Gasteiger partial charge is 0.464 e. The molecular formula is C17H19NO4S. The number of carbonyl (C=O) groups excluding carboxylic acids is 1. The van der Waals surface area contributed by atoms with Crippen LogP contribution in [0.2, 0.25) is 0 Å². The van der Waals surface area contributed by atoms with E-state index in [1.165, 1.54) is 6.26 Å². The number of rotatable bonds is 3. The second kappa shape index (κ2) is 6.20. The zero-order chi connectivity index (χ0) is 16.4. The minimum atomic E-state index is -3.03. The lowest BCUT2D eigenvalue weighted by Gasteiger charge is -2.27. The van der Waals surface area contributed by atoms with Gasteiger partial charge in [0.15, 0.2) is 9.84 Å². The van der Waals surface area contributed by atoms with Crippen LogP contribution in [-0.4, -0.2) is 43.3 Å². The first-order chi connectivity index (χ1) is 11.0. The Kier molecular flexibility index (Phi) is 4.26. The van der Waals surface area contributed by atoms with Crippen molar-refractivity contribution in [3.05, 3.63) is 47.7 Å². The lowest BCUT2D eigenvalue weighted by atomic mass is 10.1. The van der Waals surface area contributed by atoms with E-state index in [0.717, 1.165) is 5.56 Å². The number of hydrogen-bond acceptors (Lipinski definition) is 4. The highest BCUT2D eigenvalue weighted by molar-refractivity contribution is 7.91. The molecule has 1 aromatic carbocycles. The number of hydrogen-bond donors (Lipinski definition) is 0. The summed E-state index contributed by atoms with van der Waals surface area (Å²) in [4.78, 5) is 14.5. The van der Waals surface area contributed by atoms with Gasteiger partial charge in [-0.05, 0) is 31.6 Å². The van der Waals surface area contributed by atoms with Crippen LogP contribution in [0.1, 0.15) is 18.9 Å². The quantitative estimate of drug-likeness (QED) is 0.849. The number of amides is 1. The molecule has 0 bridgehead atoms. The van der Waals surface area contributed by atoms with Gasteiger partial charge in [0.2, 0.25) is 0 Å². The van der Waals surface area contributed by atoms with Gasteiger partial charge in [-0.25, -0.2) is 8.42 Å². The molecule has 0 radical (unpaired) electrons. The van der Waals surface area contributed by atoms with Gasteiger partial charge in [0.1, 0.15) is 5.75 Å². The van der Waals surface area contributed by atoms with Crippen LogP contribution in [0.3, 0.4) is 0 Å². The van der Waals surface area contributed by atoms with Gasteiger partial charge in [0, 0.05) is 23.7 Å². The molecule has 122 valence electrons. The second-order valence-electron chi connectivity index (χ2n) is 5.71. The third-order valence-electron chi connectivity index (χ3n) is 4.17. The second-order valence-corrected chi connectivity index (χ2v) is 7.93. The Hall–Kier alpha value is -2.08. The fourth-order valence-electron chi connectivity index (χ4n) is 2.99. The van der Waals surface area contributed by atoms with Gasteiger partial charge < -0.3 is 9.64 Å². The normalized spacial score (nSPS) is 21.8. The molecule has 1 fully saturated rings. The Bertz CT molecular complexity index is 780. The summed E-state index contributed by atoms with van der Waals surface area (Å²) in [6.07, 6.45) is 5.42. The molecule has 2 aliphatic rings. The highest BCUT2D eigenvalue weighted by Gasteiger charge is 2.34. The number of fused-ring (bicyclic) bond motifs is 1. The van der Waals surface area contributed by atoms with Crippen LogP contribution in [0.15, 0.2) is 42.2 Å². The van der Waals surface area contributed by atoms with Gasteiger partial charge in [-0.1, -0.05) is 18.2 Å². The molecule has 23 heavy (non-hydrogen) atoms. The molecule has 0 aliphatic carbocycles. The van der Waals surface area contributed by atoms with E-state index in [9.17, 15) is 13.2 Å². The maximum atomic E-state index is 12.8. The zero-order valence-electron chi connectivity index (χ0n) is 12.9. The molecule has 6 heteroatoms. The van der Waals surface area contributed by atoms with Gasteiger partial charge in [0.25, 0.3) is 5.91 Å². The molecule has 2 aliphatic heterocycles. The summed E-state index contributed by atoms with van der Waals surface area (Å²) >= 11 is 0. The van der Waals surface area contributed by atoms with Crippen molar-refractivity contribution < 1.29 is 17.9 Å². The maximum Gasteiger partial charge on any atom is 0.254 e. The summed E-state index contributed by atoms with van der Waals surface area (Å²) in [6.45, 7) is 2.35.